The van der Waals surface area contributed by atoms with E-state index in [1.807, 2.05) is 6.08 Å². The first kappa shape index (κ1) is 26.0. The number of rotatable bonds is 6. The van der Waals surface area contributed by atoms with Gasteiger partial charge in [0, 0.05) is 24.4 Å². The average molecular weight is 543 g/mol. The molecule has 3 fully saturated rings. The minimum Gasteiger partial charge on any atom is -0.508 e. The molecule has 2 N–H and O–H groups in total. The van der Waals surface area contributed by atoms with E-state index in [0.29, 0.717) is 17.7 Å². The van der Waals surface area contributed by atoms with E-state index in [4.69, 9.17) is 5.11 Å². The quantitative estimate of drug-likeness (QED) is 0.422. The van der Waals surface area contributed by atoms with E-state index in [-0.39, 0.29) is 55.2 Å². The number of hydrogen-bond acceptors (Lipinski definition) is 6. The number of aliphatic carboxylic acids is 1. The number of nitrogens with zero attached hydrogens (tertiary/aromatic N) is 2. The summed E-state index contributed by atoms with van der Waals surface area (Å²) in [5.74, 6) is -5.60. The fourth-order valence-electron chi connectivity index (χ4n) is 7.59. The molecule has 6 atom stereocenters. The van der Waals surface area contributed by atoms with Crippen molar-refractivity contribution in [1.82, 2.24) is 4.90 Å². The van der Waals surface area contributed by atoms with Crippen LogP contribution >= 0.6 is 0 Å². The first-order valence-electron chi connectivity index (χ1n) is 13.6. The predicted octanol–water partition coefficient (Wildman–Crippen LogP) is 3.49. The van der Waals surface area contributed by atoms with Crippen molar-refractivity contribution in [2.24, 2.45) is 29.1 Å². The highest BCUT2D eigenvalue weighted by Gasteiger charge is 2.67. The number of allylic oxidation sites excluding steroid dienone is 2. The molecule has 40 heavy (non-hydrogen) atoms. The number of amides is 4. The van der Waals surface area contributed by atoms with Crippen LogP contribution < -0.4 is 4.90 Å². The van der Waals surface area contributed by atoms with Gasteiger partial charge in [-0.15, -0.1) is 0 Å². The van der Waals surface area contributed by atoms with Crippen LogP contribution in [0, 0.1) is 29.1 Å². The van der Waals surface area contributed by atoms with Gasteiger partial charge in [0.2, 0.25) is 23.6 Å². The molecule has 2 aromatic rings. The molecule has 6 rings (SSSR count). The largest absolute Gasteiger partial charge is 0.508 e. The van der Waals surface area contributed by atoms with Gasteiger partial charge in [0.25, 0.3) is 0 Å². The van der Waals surface area contributed by atoms with Crippen LogP contribution in [0.4, 0.5) is 5.69 Å². The van der Waals surface area contributed by atoms with Gasteiger partial charge in [0.1, 0.15) is 5.75 Å². The standard InChI is InChI=1S/C31H30N2O7/c1-31-22(28(38)33(30(31)40)17-8-3-2-4-9-17)16-21-18(26(31)19-10-5-6-11-23(19)34)13-14-20-25(21)29(39)32(27(20)37)15-7-12-24(35)36/h2-6,8-11,13,20-22,25-26,34H,7,12,14-16H2,1H3,(H,35,36). The van der Waals surface area contributed by atoms with E-state index in [1.54, 1.807) is 61.5 Å². The number of hydrogen-bond donors (Lipinski definition) is 2. The van der Waals surface area contributed by atoms with Crippen molar-refractivity contribution in [2.45, 2.75) is 38.5 Å². The maximum Gasteiger partial charge on any atom is 0.303 e. The number of imide groups is 2. The number of carbonyl (C=O) groups is 5. The second-order valence-corrected chi connectivity index (χ2v) is 11.4. The maximum atomic E-state index is 14.2. The lowest BCUT2D eigenvalue weighted by atomic mass is 9.51. The summed E-state index contributed by atoms with van der Waals surface area (Å²) >= 11 is 0. The van der Waals surface area contributed by atoms with Gasteiger partial charge in [-0.3, -0.25) is 28.9 Å². The Balaban J connectivity index is 1.45. The fourth-order valence-corrected chi connectivity index (χ4v) is 7.59. The van der Waals surface area contributed by atoms with Crippen LogP contribution in [0.3, 0.4) is 0 Å². The zero-order chi connectivity index (χ0) is 28.3. The topological polar surface area (TPSA) is 132 Å². The highest BCUT2D eigenvalue weighted by Crippen LogP contribution is 2.64. The smallest absolute Gasteiger partial charge is 0.303 e. The van der Waals surface area contributed by atoms with Gasteiger partial charge >= 0.3 is 5.97 Å². The summed E-state index contributed by atoms with van der Waals surface area (Å²) in [7, 11) is 0. The van der Waals surface area contributed by atoms with Crippen molar-refractivity contribution in [1.29, 1.82) is 0 Å². The van der Waals surface area contributed by atoms with E-state index in [9.17, 15) is 29.1 Å². The van der Waals surface area contributed by atoms with Crippen molar-refractivity contribution >= 4 is 35.3 Å². The van der Waals surface area contributed by atoms with Gasteiger partial charge < -0.3 is 10.2 Å². The number of carboxylic acids is 1. The molecule has 2 heterocycles. The third-order valence-corrected chi connectivity index (χ3v) is 9.40. The number of likely N-dealkylation sites (tertiary alicyclic amines) is 1. The lowest BCUT2D eigenvalue weighted by Gasteiger charge is -2.49. The summed E-state index contributed by atoms with van der Waals surface area (Å²) in [5.41, 5.74) is 0.561. The third-order valence-electron chi connectivity index (χ3n) is 9.40. The van der Waals surface area contributed by atoms with Gasteiger partial charge in [-0.25, -0.2) is 4.90 Å². The van der Waals surface area contributed by atoms with Crippen LogP contribution in [0.5, 0.6) is 5.75 Å². The number of phenols is 1. The minimum atomic E-state index is -1.21. The summed E-state index contributed by atoms with van der Waals surface area (Å²) in [6.45, 7) is 1.81. The molecule has 2 aromatic carbocycles. The zero-order valence-electron chi connectivity index (χ0n) is 22.0. The molecular formula is C31H30N2O7. The Kier molecular flexibility index (Phi) is 6.12. The molecule has 2 aliphatic heterocycles. The summed E-state index contributed by atoms with van der Waals surface area (Å²) in [4.78, 5) is 68.7. The minimum absolute atomic E-state index is 0.00122. The average Bonchev–Trinajstić information content (AvgIpc) is 3.29. The van der Waals surface area contributed by atoms with E-state index < -0.39 is 41.0 Å². The molecule has 0 aromatic heterocycles. The molecule has 6 unspecified atom stereocenters. The van der Waals surface area contributed by atoms with Gasteiger partial charge in [0.05, 0.1) is 28.9 Å². The molecule has 9 heteroatoms. The highest BCUT2D eigenvalue weighted by molar-refractivity contribution is 6.24. The number of carboxylic acid groups (broad SMARTS) is 1. The first-order chi connectivity index (χ1) is 19.2. The van der Waals surface area contributed by atoms with Crippen LogP contribution in [-0.4, -0.2) is 51.3 Å². The fraction of sp³-hybridized carbons (Fsp3) is 0.387. The van der Waals surface area contributed by atoms with E-state index >= 15 is 0 Å². The van der Waals surface area contributed by atoms with Crippen molar-refractivity contribution in [3.63, 3.8) is 0 Å². The summed E-state index contributed by atoms with van der Waals surface area (Å²) < 4.78 is 0. The van der Waals surface area contributed by atoms with Gasteiger partial charge in [-0.2, -0.15) is 0 Å². The van der Waals surface area contributed by atoms with Gasteiger partial charge in [-0.1, -0.05) is 48.0 Å². The molecule has 9 nitrogen and oxygen atoms in total. The second kappa shape index (κ2) is 9.43. The number of benzene rings is 2. The van der Waals surface area contributed by atoms with E-state index in [0.717, 1.165) is 5.57 Å². The van der Waals surface area contributed by atoms with Crippen molar-refractivity contribution < 1.29 is 34.2 Å². The van der Waals surface area contributed by atoms with Crippen molar-refractivity contribution in [2.75, 3.05) is 11.4 Å². The lowest BCUT2D eigenvalue weighted by molar-refractivity contribution is -0.142. The normalized spacial score (nSPS) is 31.1. The van der Waals surface area contributed by atoms with Gasteiger partial charge in [-0.05, 0) is 50.3 Å². The summed E-state index contributed by atoms with van der Waals surface area (Å²) in [6, 6.07) is 15.5. The summed E-state index contributed by atoms with van der Waals surface area (Å²) in [5, 5.41) is 20.0. The summed E-state index contributed by atoms with van der Waals surface area (Å²) in [6.07, 6.45) is 2.47. The predicted molar refractivity (Wildman–Crippen MR) is 143 cm³/mol. The number of para-hydroxylation sites is 2. The van der Waals surface area contributed by atoms with Crippen LogP contribution in [0.25, 0.3) is 0 Å². The highest BCUT2D eigenvalue weighted by atomic mass is 16.4. The molecular weight excluding hydrogens is 512 g/mol. The molecule has 4 amide bonds. The first-order valence-corrected chi connectivity index (χ1v) is 13.6. The number of aromatic hydroxyl groups is 1. The Morgan fingerprint density at radius 1 is 0.950 bits per heavy atom. The Morgan fingerprint density at radius 3 is 2.35 bits per heavy atom. The number of anilines is 1. The number of carbonyl (C=O) groups excluding carboxylic acids is 4. The lowest BCUT2D eigenvalue weighted by Crippen LogP contribution is -2.48. The molecule has 2 saturated heterocycles. The molecule has 206 valence electrons. The molecule has 0 radical (unpaired) electrons. The number of phenolic OH excluding ortho intramolecular Hbond substituents is 1. The van der Waals surface area contributed by atoms with Crippen molar-refractivity contribution in [3.8, 4) is 5.75 Å². The van der Waals surface area contributed by atoms with Crippen molar-refractivity contribution in [3.05, 3.63) is 71.8 Å². The SMILES string of the molecule is CC12C(=O)N(c3ccccc3)C(=O)C1CC1C(=CCC3C(=O)N(CCCC(=O)O)C(=O)C31)C2c1ccccc1O. The van der Waals surface area contributed by atoms with Crippen LogP contribution in [0.2, 0.25) is 0 Å². The molecule has 0 spiro atoms. The van der Waals surface area contributed by atoms with Crippen LogP contribution in [-0.2, 0) is 24.0 Å². The second-order valence-electron chi connectivity index (χ2n) is 11.4. The number of fused-ring (bicyclic) bond motifs is 4. The van der Waals surface area contributed by atoms with E-state index in [2.05, 4.69) is 0 Å². The third kappa shape index (κ3) is 3.63. The Morgan fingerprint density at radius 2 is 1.65 bits per heavy atom. The Hall–Kier alpha value is -4.27. The van der Waals surface area contributed by atoms with E-state index in [1.165, 1.54) is 9.80 Å². The Bertz CT molecular complexity index is 1470. The zero-order valence-corrected chi connectivity index (χ0v) is 22.0. The van der Waals surface area contributed by atoms with Crippen LogP contribution in [0.1, 0.15) is 44.1 Å². The molecule has 0 bridgehead atoms. The monoisotopic (exact) mass is 542 g/mol. The molecule has 1 saturated carbocycles. The van der Waals surface area contributed by atoms with Gasteiger partial charge in [0.15, 0.2) is 0 Å². The van der Waals surface area contributed by atoms with Crippen LogP contribution in [0.15, 0.2) is 66.2 Å². The Labute approximate surface area is 231 Å². The maximum absolute atomic E-state index is 14.2. The molecule has 4 aliphatic rings. The molecule has 2 aliphatic carbocycles.